The Morgan fingerprint density at radius 3 is 2.66 bits per heavy atom. The zero-order chi connectivity index (χ0) is 20.7. The lowest BCUT2D eigenvalue weighted by molar-refractivity contribution is -0.160. The number of hydrogen-bond donors (Lipinski definition) is 1. The van der Waals surface area contributed by atoms with E-state index >= 15 is 0 Å². The van der Waals surface area contributed by atoms with E-state index in [-0.39, 0.29) is 12.3 Å². The number of furan rings is 1. The first kappa shape index (κ1) is 21.2. The fraction of sp³-hybridized carbons (Fsp3) is 0.278. The molecule has 1 aromatic carbocycles. The zero-order valence-corrected chi connectivity index (χ0v) is 16.7. The molecule has 0 unspecified atom stereocenters. The van der Waals surface area contributed by atoms with Crippen molar-refractivity contribution in [2.75, 3.05) is 17.6 Å². The Labute approximate surface area is 173 Å². The van der Waals surface area contributed by atoms with Crippen LogP contribution in [0.25, 0.3) is 0 Å². The van der Waals surface area contributed by atoms with E-state index in [1.807, 2.05) is 6.07 Å². The van der Waals surface area contributed by atoms with Gasteiger partial charge in [-0.25, -0.2) is 0 Å². The van der Waals surface area contributed by atoms with Gasteiger partial charge in [0.25, 0.3) is 0 Å². The van der Waals surface area contributed by atoms with Gasteiger partial charge in [0.2, 0.25) is 11.0 Å². The van der Waals surface area contributed by atoms with Crippen LogP contribution in [0.15, 0.2) is 57.5 Å². The topological polar surface area (TPSA) is 71.3 Å². The molecule has 0 aliphatic rings. The molecule has 11 heteroatoms. The second kappa shape index (κ2) is 9.79. The van der Waals surface area contributed by atoms with Crippen molar-refractivity contribution in [1.29, 1.82) is 0 Å². The summed E-state index contributed by atoms with van der Waals surface area (Å²) in [7, 11) is 0. The number of nitrogens with one attached hydrogen (secondary N) is 1. The highest BCUT2D eigenvalue weighted by atomic mass is 32.2. The van der Waals surface area contributed by atoms with E-state index in [1.54, 1.807) is 42.7 Å². The molecule has 0 atom stereocenters. The number of amides is 1. The minimum atomic E-state index is -4.47. The third kappa shape index (κ3) is 7.09. The van der Waals surface area contributed by atoms with Crippen molar-refractivity contribution in [2.24, 2.45) is 0 Å². The molecule has 0 saturated heterocycles. The molecular formula is C18H17F3N4O2S2. The van der Waals surface area contributed by atoms with Crippen molar-refractivity contribution in [3.8, 4) is 0 Å². The van der Waals surface area contributed by atoms with E-state index in [1.165, 1.54) is 11.3 Å². The van der Waals surface area contributed by atoms with Crippen molar-refractivity contribution >= 4 is 34.1 Å². The molecule has 3 aromatic rings. The maximum absolute atomic E-state index is 12.9. The van der Waals surface area contributed by atoms with Crippen LogP contribution in [0.5, 0.6) is 0 Å². The molecule has 29 heavy (non-hydrogen) atoms. The van der Waals surface area contributed by atoms with Gasteiger partial charge in [-0.3, -0.25) is 4.79 Å². The van der Waals surface area contributed by atoms with Crippen LogP contribution in [-0.2, 0) is 17.9 Å². The first-order valence-corrected chi connectivity index (χ1v) is 10.3. The molecule has 3 rings (SSSR count). The van der Waals surface area contributed by atoms with Gasteiger partial charge in [0, 0.05) is 6.54 Å². The van der Waals surface area contributed by atoms with E-state index in [0.29, 0.717) is 21.6 Å². The summed E-state index contributed by atoms with van der Waals surface area (Å²) in [5, 5.41) is 11.5. The van der Waals surface area contributed by atoms with E-state index in [9.17, 15) is 18.0 Å². The summed E-state index contributed by atoms with van der Waals surface area (Å²) in [4.78, 5) is 13.2. The number of anilines is 1. The van der Waals surface area contributed by atoms with Crippen molar-refractivity contribution in [3.05, 3.63) is 60.1 Å². The molecule has 0 saturated carbocycles. The van der Waals surface area contributed by atoms with Crippen molar-refractivity contribution < 1.29 is 22.4 Å². The van der Waals surface area contributed by atoms with Gasteiger partial charge >= 0.3 is 6.18 Å². The summed E-state index contributed by atoms with van der Waals surface area (Å²) in [6, 6.07) is 12.2. The van der Waals surface area contributed by atoms with Crippen molar-refractivity contribution in [3.63, 3.8) is 0 Å². The summed E-state index contributed by atoms with van der Waals surface area (Å²) < 4.78 is 44.4. The number of carbonyl (C=O) groups is 1. The van der Waals surface area contributed by atoms with Crippen molar-refractivity contribution in [2.45, 2.75) is 23.6 Å². The van der Waals surface area contributed by atoms with Gasteiger partial charge < -0.3 is 14.6 Å². The molecule has 2 heterocycles. The zero-order valence-electron chi connectivity index (χ0n) is 15.1. The molecule has 6 nitrogen and oxygen atoms in total. The van der Waals surface area contributed by atoms with Gasteiger partial charge in [-0.2, -0.15) is 13.2 Å². The third-order valence-corrected chi connectivity index (χ3v) is 5.66. The van der Waals surface area contributed by atoms with Gasteiger partial charge in [-0.1, -0.05) is 53.4 Å². The molecule has 154 valence electrons. The van der Waals surface area contributed by atoms with Gasteiger partial charge in [-0.15, -0.1) is 10.2 Å². The average molecular weight is 442 g/mol. The highest BCUT2D eigenvalue weighted by Crippen LogP contribution is 2.27. The van der Waals surface area contributed by atoms with E-state index in [0.717, 1.165) is 22.4 Å². The summed E-state index contributed by atoms with van der Waals surface area (Å²) in [5.74, 6) is -0.0415. The Morgan fingerprint density at radius 2 is 1.97 bits per heavy atom. The third-order valence-electron chi connectivity index (χ3n) is 3.66. The Morgan fingerprint density at radius 1 is 1.17 bits per heavy atom. The lowest BCUT2D eigenvalue weighted by Crippen LogP contribution is -2.39. The van der Waals surface area contributed by atoms with Crippen molar-refractivity contribution in [1.82, 2.24) is 15.1 Å². The van der Waals surface area contributed by atoms with Gasteiger partial charge in [-0.05, 0) is 17.7 Å². The molecule has 0 spiro atoms. The van der Waals surface area contributed by atoms with Crippen LogP contribution in [0, 0.1) is 0 Å². The molecule has 1 N–H and O–H groups in total. The highest BCUT2D eigenvalue weighted by molar-refractivity contribution is 8.01. The van der Waals surface area contributed by atoms with Gasteiger partial charge in [0.15, 0.2) is 4.34 Å². The highest BCUT2D eigenvalue weighted by Gasteiger charge is 2.33. The molecule has 0 radical (unpaired) electrons. The summed E-state index contributed by atoms with van der Waals surface area (Å²) >= 11 is 2.28. The summed E-state index contributed by atoms with van der Waals surface area (Å²) in [6.45, 7) is -0.971. The maximum atomic E-state index is 12.9. The van der Waals surface area contributed by atoms with Crippen LogP contribution < -0.4 is 5.32 Å². The standard InChI is InChI=1S/C18H17F3N4O2S2/c19-18(20,21)12-25(10-13-5-2-1-3-6-13)15(26)11-28-17-24-23-16(29-17)22-9-14-7-4-8-27-14/h1-8H,9-12H2,(H,22,23). The molecule has 2 aromatic heterocycles. The molecule has 0 fully saturated rings. The Kier molecular flexibility index (Phi) is 7.15. The van der Waals surface area contributed by atoms with Crippen LogP contribution in [0.3, 0.4) is 0 Å². The predicted molar refractivity (Wildman–Crippen MR) is 105 cm³/mol. The Balaban J connectivity index is 1.55. The summed E-state index contributed by atoms with van der Waals surface area (Å²) in [5.41, 5.74) is 0.635. The van der Waals surface area contributed by atoms with E-state index in [4.69, 9.17) is 4.42 Å². The second-order valence-electron chi connectivity index (χ2n) is 5.95. The number of carbonyl (C=O) groups excluding carboxylic acids is 1. The van der Waals surface area contributed by atoms with E-state index < -0.39 is 18.6 Å². The number of hydrogen-bond acceptors (Lipinski definition) is 7. The number of alkyl halides is 3. The molecule has 0 aliphatic carbocycles. The lowest BCUT2D eigenvalue weighted by atomic mass is 10.2. The van der Waals surface area contributed by atoms with Crippen LogP contribution in [0.1, 0.15) is 11.3 Å². The van der Waals surface area contributed by atoms with Gasteiger partial charge in [0.05, 0.1) is 18.6 Å². The molecule has 1 amide bonds. The monoisotopic (exact) mass is 442 g/mol. The number of rotatable bonds is 9. The molecule has 0 bridgehead atoms. The minimum Gasteiger partial charge on any atom is -0.467 e. The minimum absolute atomic E-state index is 0.105. The van der Waals surface area contributed by atoms with Crippen LogP contribution in [0.2, 0.25) is 0 Å². The summed E-state index contributed by atoms with van der Waals surface area (Å²) in [6.07, 6.45) is -2.91. The number of benzene rings is 1. The predicted octanol–water partition coefficient (Wildman–Crippen LogP) is 4.43. The molecular weight excluding hydrogens is 425 g/mol. The first-order valence-electron chi connectivity index (χ1n) is 8.50. The fourth-order valence-corrected chi connectivity index (χ4v) is 4.03. The van der Waals surface area contributed by atoms with Crippen LogP contribution >= 0.6 is 23.1 Å². The Bertz CT molecular complexity index is 901. The number of thioether (sulfide) groups is 1. The number of aromatic nitrogens is 2. The fourth-order valence-electron chi connectivity index (χ4n) is 2.38. The number of nitrogens with zero attached hydrogens (tertiary/aromatic N) is 3. The normalized spacial score (nSPS) is 11.4. The SMILES string of the molecule is O=C(CSc1nnc(NCc2ccco2)s1)N(Cc1ccccc1)CC(F)(F)F. The van der Waals surface area contributed by atoms with Crippen LogP contribution in [-0.4, -0.2) is 39.5 Å². The lowest BCUT2D eigenvalue weighted by Gasteiger charge is -2.23. The largest absolute Gasteiger partial charge is 0.467 e. The second-order valence-corrected chi connectivity index (χ2v) is 8.15. The smallest absolute Gasteiger partial charge is 0.406 e. The number of halogens is 3. The maximum Gasteiger partial charge on any atom is 0.406 e. The van der Waals surface area contributed by atoms with Crippen LogP contribution in [0.4, 0.5) is 18.3 Å². The molecule has 0 aliphatic heterocycles. The average Bonchev–Trinajstić information content (AvgIpc) is 3.35. The first-order chi connectivity index (χ1) is 13.9. The Hall–Kier alpha value is -2.53. The quantitative estimate of drug-likeness (QED) is 0.495. The van der Waals surface area contributed by atoms with Gasteiger partial charge in [0.1, 0.15) is 12.3 Å². The van der Waals surface area contributed by atoms with E-state index in [2.05, 4.69) is 15.5 Å².